The molecule has 0 fully saturated rings. The summed E-state index contributed by atoms with van der Waals surface area (Å²) in [5.74, 6) is -0.477. The fraction of sp³-hybridized carbons (Fsp3) is 0.200. The van der Waals surface area contributed by atoms with Crippen molar-refractivity contribution in [2.24, 2.45) is 4.99 Å². The summed E-state index contributed by atoms with van der Waals surface area (Å²) in [5, 5.41) is 0. The van der Waals surface area contributed by atoms with Gasteiger partial charge in [-0.15, -0.1) is 0 Å². The first-order valence-corrected chi connectivity index (χ1v) is 11.2. The molecule has 2 aromatic carbocycles. The van der Waals surface area contributed by atoms with Crippen molar-refractivity contribution in [3.63, 3.8) is 0 Å². The van der Waals surface area contributed by atoms with Gasteiger partial charge in [0.1, 0.15) is 0 Å². The molecule has 9 heteroatoms. The average Bonchev–Trinajstić information content (AvgIpc) is 3.13. The van der Waals surface area contributed by atoms with Crippen LogP contribution in [0.1, 0.15) is 31.0 Å². The maximum absolute atomic E-state index is 13.6. The quantitative estimate of drug-likeness (QED) is 0.413. The van der Waals surface area contributed by atoms with Gasteiger partial charge >= 0.3 is 11.9 Å². The number of para-hydroxylation sites is 1. The second-order valence-corrected chi connectivity index (χ2v) is 8.47. The molecule has 1 atom stereocenters. The lowest BCUT2D eigenvalue weighted by Crippen LogP contribution is -2.39. The Labute approximate surface area is 199 Å². The number of methoxy groups -OCH3 is 2. The second kappa shape index (κ2) is 9.48. The van der Waals surface area contributed by atoms with Crippen molar-refractivity contribution in [1.29, 1.82) is 0 Å². The molecule has 1 aromatic heterocycles. The van der Waals surface area contributed by atoms with Gasteiger partial charge in [0.15, 0.2) is 16.3 Å². The van der Waals surface area contributed by atoms with E-state index in [-0.39, 0.29) is 11.3 Å². The minimum atomic E-state index is -0.690. The van der Waals surface area contributed by atoms with Gasteiger partial charge in [0.25, 0.3) is 5.56 Å². The lowest BCUT2D eigenvalue weighted by atomic mass is 9.96. The Morgan fingerprint density at radius 3 is 2.47 bits per heavy atom. The van der Waals surface area contributed by atoms with Crippen LogP contribution in [0.2, 0.25) is 0 Å². The summed E-state index contributed by atoms with van der Waals surface area (Å²) in [6.45, 7) is 3.02. The summed E-state index contributed by atoms with van der Waals surface area (Å²) < 4.78 is 17.6. The highest BCUT2D eigenvalue weighted by molar-refractivity contribution is 7.07. The Balaban J connectivity index is 1.97. The van der Waals surface area contributed by atoms with Crippen LogP contribution >= 0.6 is 11.3 Å². The lowest BCUT2D eigenvalue weighted by Gasteiger charge is -2.24. The van der Waals surface area contributed by atoms with Crippen LogP contribution in [-0.4, -0.2) is 30.7 Å². The molecule has 1 unspecified atom stereocenters. The summed E-state index contributed by atoms with van der Waals surface area (Å²) >= 11 is 1.18. The third-order valence-electron chi connectivity index (χ3n) is 5.30. The summed E-state index contributed by atoms with van der Waals surface area (Å²) in [4.78, 5) is 42.9. The van der Waals surface area contributed by atoms with Crippen molar-refractivity contribution in [3.8, 4) is 11.5 Å². The van der Waals surface area contributed by atoms with Crippen molar-refractivity contribution in [2.75, 3.05) is 14.2 Å². The highest BCUT2D eigenvalue weighted by Gasteiger charge is 2.33. The van der Waals surface area contributed by atoms with E-state index in [1.807, 2.05) is 30.3 Å². The maximum Gasteiger partial charge on any atom is 0.338 e. The Morgan fingerprint density at radius 2 is 1.82 bits per heavy atom. The van der Waals surface area contributed by atoms with Crippen LogP contribution in [0.5, 0.6) is 11.5 Å². The normalized spacial score (nSPS) is 15.4. The van der Waals surface area contributed by atoms with Gasteiger partial charge in [-0.25, -0.2) is 9.79 Å². The number of aromatic nitrogens is 1. The number of hydrogen-bond donors (Lipinski definition) is 0. The van der Waals surface area contributed by atoms with Crippen LogP contribution < -0.4 is 24.4 Å². The Bertz CT molecular complexity index is 1480. The van der Waals surface area contributed by atoms with Gasteiger partial charge in [-0.1, -0.05) is 53.8 Å². The molecule has 0 bridgehead atoms. The zero-order valence-electron chi connectivity index (χ0n) is 19.0. The number of carbonyl (C=O) groups is 2. The molecular formula is C25H22N2O6S. The largest absolute Gasteiger partial charge is 0.493 e. The molecule has 174 valence electrons. The van der Waals surface area contributed by atoms with E-state index >= 15 is 0 Å². The van der Waals surface area contributed by atoms with Gasteiger partial charge < -0.3 is 14.2 Å². The summed E-state index contributed by atoms with van der Waals surface area (Å²) in [7, 11) is 2.77. The molecule has 0 saturated heterocycles. The zero-order valence-corrected chi connectivity index (χ0v) is 19.8. The number of benzene rings is 2. The molecule has 0 aliphatic carbocycles. The Hall–Kier alpha value is -3.98. The molecule has 0 saturated carbocycles. The lowest BCUT2D eigenvalue weighted by molar-refractivity contribution is -0.136. The first-order chi connectivity index (χ1) is 16.3. The van der Waals surface area contributed by atoms with E-state index in [1.165, 1.54) is 37.0 Å². The number of esters is 2. The maximum atomic E-state index is 13.6. The molecule has 1 aliphatic rings. The summed E-state index contributed by atoms with van der Waals surface area (Å²) in [6.07, 6.45) is 1.63. The van der Waals surface area contributed by atoms with E-state index in [0.29, 0.717) is 31.9 Å². The summed E-state index contributed by atoms with van der Waals surface area (Å²) in [5.41, 5.74) is 1.71. The van der Waals surface area contributed by atoms with Crippen LogP contribution in [0.25, 0.3) is 6.08 Å². The number of thiazole rings is 1. The highest BCUT2D eigenvalue weighted by Crippen LogP contribution is 2.32. The fourth-order valence-corrected chi connectivity index (χ4v) is 4.88. The number of hydrogen-bond acceptors (Lipinski definition) is 8. The standard InChI is InChI=1S/C25H22N2O6S/c1-14-20(24(30)32-4)21(16-9-6-5-7-10-16)27-23(29)19(34-25(27)26-14)13-17-11-8-12-18(31-3)22(17)33-15(2)28/h5-13,21H,1-4H3. The monoisotopic (exact) mass is 478 g/mol. The van der Waals surface area contributed by atoms with Crippen molar-refractivity contribution in [3.05, 3.63) is 90.6 Å². The Morgan fingerprint density at radius 1 is 1.09 bits per heavy atom. The first kappa shape index (κ1) is 23.2. The smallest absolute Gasteiger partial charge is 0.338 e. The molecule has 2 heterocycles. The topological polar surface area (TPSA) is 96.2 Å². The van der Waals surface area contributed by atoms with E-state index < -0.39 is 18.0 Å². The van der Waals surface area contributed by atoms with E-state index in [0.717, 1.165) is 5.56 Å². The van der Waals surface area contributed by atoms with E-state index in [4.69, 9.17) is 14.2 Å². The fourth-order valence-electron chi connectivity index (χ4n) is 3.84. The number of carbonyl (C=O) groups excluding carboxylic acids is 2. The van der Waals surface area contributed by atoms with Gasteiger partial charge in [0.2, 0.25) is 0 Å². The molecule has 34 heavy (non-hydrogen) atoms. The first-order valence-electron chi connectivity index (χ1n) is 10.4. The second-order valence-electron chi connectivity index (χ2n) is 7.46. The molecule has 0 amide bonds. The molecule has 0 spiro atoms. The van der Waals surface area contributed by atoms with Gasteiger partial charge in [-0.3, -0.25) is 14.2 Å². The van der Waals surface area contributed by atoms with Crippen LogP contribution in [-0.2, 0) is 14.3 Å². The third-order valence-corrected chi connectivity index (χ3v) is 6.29. The number of fused-ring (bicyclic) bond motifs is 1. The van der Waals surface area contributed by atoms with Crippen molar-refractivity contribution < 1.29 is 23.8 Å². The van der Waals surface area contributed by atoms with Crippen LogP contribution in [0.3, 0.4) is 0 Å². The van der Waals surface area contributed by atoms with Crippen molar-refractivity contribution in [1.82, 2.24) is 4.57 Å². The van der Waals surface area contributed by atoms with Crippen LogP contribution in [0, 0.1) is 0 Å². The van der Waals surface area contributed by atoms with E-state index in [1.54, 1.807) is 31.2 Å². The number of allylic oxidation sites excluding steroid dienone is 1. The predicted molar refractivity (Wildman–Crippen MR) is 127 cm³/mol. The third kappa shape index (κ3) is 4.17. The van der Waals surface area contributed by atoms with Gasteiger partial charge in [-0.05, 0) is 24.6 Å². The molecule has 3 aromatic rings. The minimum Gasteiger partial charge on any atom is -0.493 e. The van der Waals surface area contributed by atoms with Crippen LogP contribution in [0.15, 0.2) is 69.6 Å². The van der Waals surface area contributed by atoms with Gasteiger partial charge in [0, 0.05) is 12.5 Å². The predicted octanol–water partition coefficient (Wildman–Crippen LogP) is 2.34. The van der Waals surface area contributed by atoms with E-state index in [9.17, 15) is 14.4 Å². The van der Waals surface area contributed by atoms with Gasteiger partial charge in [0.05, 0.1) is 36.1 Å². The zero-order chi connectivity index (χ0) is 24.4. The highest BCUT2D eigenvalue weighted by atomic mass is 32.1. The van der Waals surface area contributed by atoms with Crippen molar-refractivity contribution >= 4 is 29.4 Å². The molecule has 1 aliphatic heterocycles. The molecule has 4 rings (SSSR count). The molecule has 0 N–H and O–H groups in total. The number of nitrogens with zero attached hydrogens (tertiary/aromatic N) is 2. The molecule has 8 nitrogen and oxygen atoms in total. The SMILES string of the molecule is COC(=O)C1=C(C)N=c2sc(=Cc3cccc(OC)c3OC(C)=O)c(=O)n2C1c1ccccc1. The average molecular weight is 479 g/mol. The van der Waals surface area contributed by atoms with E-state index in [2.05, 4.69) is 4.99 Å². The molecular weight excluding hydrogens is 456 g/mol. The summed E-state index contributed by atoms with van der Waals surface area (Å²) in [6, 6.07) is 13.7. The number of ether oxygens (including phenoxy) is 3. The minimum absolute atomic E-state index is 0.217. The van der Waals surface area contributed by atoms with Gasteiger partial charge in [-0.2, -0.15) is 0 Å². The molecule has 0 radical (unpaired) electrons. The van der Waals surface area contributed by atoms with Crippen LogP contribution in [0.4, 0.5) is 0 Å². The number of rotatable bonds is 5. The van der Waals surface area contributed by atoms with Crippen molar-refractivity contribution in [2.45, 2.75) is 19.9 Å². The Kier molecular flexibility index (Phi) is 6.47.